The van der Waals surface area contributed by atoms with E-state index in [0.717, 1.165) is 22.3 Å². The summed E-state index contributed by atoms with van der Waals surface area (Å²) >= 11 is 1.61. The molecule has 11 heteroatoms. The number of nitrogens with zero attached hydrogens (tertiary/aromatic N) is 3. The third kappa shape index (κ3) is 4.49. The summed E-state index contributed by atoms with van der Waals surface area (Å²) in [4.78, 5) is 40.9. The summed E-state index contributed by atoms with van der Waals surface area (Å²) < 4.78 is 40.6. The normalized spacial score (nSPS) is 14.1. The highest BCUT2D eigenvalue weighted by molar-refractivity contribution is 8.00. The molecule has 1 fully saturated rings. The number of rotatable bonds is 5. The molecule has 150 valence electrons. The first-order valence-electron chi connectivity index (χ1n) is 8.29. The molecule has 1 aliphatic rings. The molecule has 1 aliphatic heterocycles. The lowest BCUT2D eigenvalue weighted by atomic mass is 10.1. The van der Waals surface area contributed by atoms with E-state index in [1.807, 2.05) is 0 Å². The van der Waals surface area contributed by atoms with Gasteiger partial charge in [-0.3, -0.25) is 19.3 Å². The first-order valence-corrected chi connectivity index (χ1v) is 10.2. The van der Waals surface area contributed by atoms with Gasteiger partial charge in [-0.1, -0.05) is 17.8 Å². The maximum absolute atomic E-state index is 13.5. The number of aromatic nitrogens is 1. The van der Waals surface area contributed by atoms with Crippen LogP contribution in [0.25, 0.3) is 0 Å². The van der Waals surface area contributed by atoms with E-state index in [9.17, 15) is 32.8 Å². The fourth-order valence-electron chi connectivity index (χ4n) is 2.74. The summed E-state index contributed by atoms with van der Waals surface area (Å²) in [5.41, 5.74) is -2.38. The van der Waals surface area contributed by atoms with Gasteiger partial charge in [0.2, 0.25) is 17.6 Å². The van der Waals surface area contributed by atoms with Gasteiger partial charge in [-0.25, -0.2) is 4.98 Å². The van der Waals surface area contributed by atoms with Crippen molar-refractivity contribution in [3.8, 4) is 6.07 Å². The van der Waals surface area contributed by atoms with Crippen LogP contribution in [-0.2, 0) is 15.8 Å². The van der Waals surface area contributed by atoms with E-state index in [0.29, 0.717) is 18.2 Å². The molecular weight excluding hydrogens is 427 g/mol. The number of thioether (sulfide) groups is 1. The molecule has 2 amide bonds. The second-order valence-corrected chi connectivity index (χ2v) is 7.90. The fraction of sp³-hybridized carbons (Fsp3) is 0.278. The minimum atomic E-state index is -4.93. The van der Waals surface area contributed by atoms with Crippen molar-refractivity contribution in [3.05, 3.63) is 45.3 Å². The Morgan fingerprint density at radius 3 is 2.69 bits per heavy atom. The van der Waals surface area contributed by atoms with E-state index < -0.39 is 29.1 Å². The van der Waals surface area contributed by atoms with Gasteiger partial charge in [0.15, 0.2) is 5.69 Å². The number of thiophene rings is 1. The third-order valence-electron chi connectivity index (χ3n) is 4.07. The van der Waals surface area contributed by atoms with E-state index in [4.69, 9.17) is 0 Å². The lowest BCUT2D eigenvalue weighted by molar-refractivity contribution is -0.142. The van der Waals surface area contributed by atoms with Crippen LogP contribution >= 0.6 is 23.1 Å². The standard InChI is InChI=1S/C18H12F3N3O3S2/c19-18(20,21)16-11(15(27)12-3-2-6-28-12)7-10(8-22)17(23-16)29-9-14(26)24-5-1-4-13(24)25/h2-3,6-7H,1,4-5,9H2. The minimum absolute atomic E-state index is 0.0873. The number of hydrogen-bond acceptors (Lipinski definition) is 7. The van der Waals surface area contributed by atoms with Crippen LogP contribution in [0.4, 0.5) is 13.2 Å². The second kappa shape index (κ2) is 8.34. The van der Waals surface area contributed by atoms with Crippen molar-refractivity contribution in [3.63, 3.8) is 0 Å². The van der Waals surface area contributed by atoms with Crippen LogP contribution < -0.4 is 0 Å². The number of halogens is 3. The zero-order valence-corrected chi connectivity index (χ0v) is 16.3. The molecule has 0 saturated carbocycles. The Morgan fingerprint density at radius 2 is 2.14 bits per heavy atom. The number of hydrogen-bond donors (Lipinski definition) is 0. The van der Waals surface area contributed by atoms with Gasteiger partial charge in [-0.05, 0) is 23.9 Å². The van der Waals surface area contributed by atoms with Crippen molar-refractivity contribution in [1.29, 1.82) is 5.26 Å². The molecule has 0 aromatic carbocycles. The topological polar surface area (TPSA) is 91.1 Å². The number of imide groups is 1. The van der Waals surface area contributed by atoms with Crippen molar-refractivity contribution < 1.29 is 27.6 Å². The number of carbonyl (C=O) groups is 3. The van der Waals surface area contributed by atoms with Crippen LogP contribution in [0.5, 0.6) is 0 Å². The summed E-state index contributed by atoms with van der Waals surface area (Å²) in [6.45, 7) is 0.263. The van der Waals surface area contributed by atoms with Crippen molar-refractivity contribution >= 4 is 40.7 Å². The summed E-state index contributed by atoms with van der Waals surface area (Å²) in [6.07, 6.45) is -4.15. The van der Waals surface area contributed by atoms with Gasteiger partial charge in [0.05, 0.1) is 21.8 Å². The molecule has 0 unspecified atom stereocenters. The predicted octanol–water partition coefficient (Wildman–Crippen LogP) is 3.51. The highest BCUT2D eigenvalue weighted by Gasteiger charge is 2.39. The number of nitriles is 1. The Bertz CT molecular complexity index is 1010. The molecule has 3 rings (SSSR count). The van der Waals surface area contributed by atoms with Gasteiger partial charge >= 0.3 is 6.18 Å². The molecule has 0 bridgehead atoms. The highest BCUT2D eigenvalue weighted by Crippen LogP contribution is 2.35. The molecule has 0 spiro atoms. The smallest absolute Gasteiger partial charge is 0.288 e. The molecule has 29 heavy (non-hydrogen) atoms. The number of alkyl halides is 3. The zero-order valence-electron chi connectivity index (χ0n) is 14.7. The lowest BCUT2D eigenvalue weighted by Crippen LogP contribution is -2.33. The van der Waals surface area contributed by atoms with Crippen LogP contribution in [0.3, 0.4) is 0 Å². The first kappa shape index (κ1) is 21.0. The molecule has 2 aromatic rings. The zero-order chi connectivity index (χ0) is 21.2. The first-order chi connectivity index (χ1) is 13.7. The van der Waals surface area contributed by atoms with Crippen molar-refractivity contribution in [2.24, 2.45) is 0 Å². The van der Waals surface area contributed by atoms with E-state index in [2.05, 4.69) is 4.98 Å². The Hall–Kier alpha value is -2.71. The monoisotopic (exact) mass is 439 g/mol. The van der Waals surface area contributed by atoms with Crippen molar-refractivity contribution in [1.82, 2.24) is 9.88 Å². The molecular formula is C18H12F3N3O3S2. The number of amides is 2. The average Bonchev–Trinajstić information content (AvgIpc) is 3.35. The van der Waals surface area contributed by atoms with Crippen molar-refractivity contribution in [2.45, 2.75) is 24.0 Å². The number of carbonyl (C=O) groups excluding carboxylic acids is 3. The van der Waals surface area contributed by atoms with E-state index >= 15 is 0 Å². The van der Waals surface area contributed by atoms with Crippen molar-refractivity contribution in [2.75, 3.05) is 12.3 Å². The molecule has 0 N–H and O–H groups in total. The summed E-state index contributed by atoms with van der Waals surface area (Å²) in [5.74, 6) is -2.12. The van der Waals surface area contributed by atoms with Gasteiger partial charge in [0.1, 0.15) is 11.1 Å². The van der Waals surface area contributed by atoms with E-state index in [1.165, 1.54) is 12.1 Å². The van der Waals surface area contributed by atoms with Gasteiger partial charge in [0.25, 0.3) is 0 Å². The fourth-order valence-corrected chi connectivity index (χ4v) is 4.25. The predicted molar refractivity (Wildman–Crippen MR) is 98.4 cm³/mol. The molecule has 3 heterocycles. The maximum atomic E-state index is 13.5. The third-order valence-corrected chi connectivity index (χ3v) is 5.92. The van der Waals surface area contributed by atoms with E-state index in [-0.39, 0.29) is 40.1 Å². The largest absolute Gasteiger partial charge is 0.434 e. The summed E-state index contributed by atoms with van der Waals surface area (Å²) in [6, 6.07) is 5.49. The van der Waals surface area contributed by atoms with Gasteiger partial charge in [-0.15, -0.1) is 11.3 Å². The second-order valence-electron chi connectivity index (χ2n) is 5.98. The van der Waals surface area contributed by atoms with Gasteiger partial charge in [-0.2, -0.15) is 18.4 Å². The molecule has 2 aromatic heterocycles. The van der Waals surface area contributed by atoms with Crippen LogP contribution in [-0.4, -0.2) is 39.8 Å². The van der Waals surface area contributed by atoms with E-state index in [1.54, 1.807) is 11.4 Å². The number of ketones is 1. The maximum Gasteiger partial charge on any atom is 0.434 e. The van der Waals surface area contributed by atoms with Crippen LogP contribution in [0, 0.1) is 11.3 Å². The Morgan fingerprint density at radius 1 is 1.38 bits per heavy atom. The molecule has 6 nitrogen and oxygen atoms in total. The Kier molecular flexibility index (Phi) is 6.04. The minimum Gasteiger partial charge on any atom is -0.288 e. The lowest BCUT2D eigenvalue weighted by Gasteiger charge is -2.15. The molecule has 1 saturated heterocycles. The summed E-state index contributed by atoms with van der Waals surface area (Å²) in [7, 11) is 0. The van der Waals surface area contributed by atoms with Crippen LogP contribution in [0.1, 0.15) is 39.3 Å². The van der Waals surface area contributed by atoms with Gasteiger partial charge in [0, 0.05) is 13.0 Å². The SMILES string of the molecule is N#Cc1cc(C(=O)c2cccs2)c(C(F)(F)F)nc1SCC(=O)N1CCCC1=O. The quantitative estimate of drug-likeness (QED) is 0.523. The molecule has 0 radical (unpaired) electrons. The Labute approximate surface area is 171 Å². The molecule has 0 aliphatic carbocycles. The number of pyridine rings is 1. The highest BCUT2D eigenvalue weighted by atomic mass is 32.2. The number of likely N-dealkylation sites (tertiary alicyclic amines) is 1. The van der Waals surface area contributed by atoms with Crippen LogP contribution in [0.2, 0.25) is 0 Å². The molecule has 0 atom stereocenters. The Balaban J connectivity index is 1.94. The summed E-state index contributed by atoms with van der Waals surface area (Å²) in [5, 5.41) is 10.6. The van der Waals surface area contributed by atoms with Crippen LogP contribution in [0.15, 0.2) is 28.6 Å². The van der Waals surface area contributed by atoms with Gasteiger partial charge < -0.3 is 0 Å². The average molecular weight is 439 g/mol.